The van der Waals surface area contributed by atoms with Gasteiger partial charge in [-0.25, -0.2) is 4.68 Å². The number of aryl methyl sites for hydroxylation is 1. The number of nitrogens with zero attached hydrogens (tertiary/aromatic N) is 3. The molecular weight excluding hydrogens is 312 g/mol. The number of aromatic nitrogens is 2. The first-order valence-corrected chi connectivity index (χ1v) is 9.25. The first-order valence-electron chi connectivity index (χ1n) is 9.25. The van der Waals surface area contributed by atoms with Crippen LogP contribution in [0.1, 0.15) is 86.9 Å². The number of amides is 1. The zero-order valence-electron chi connectivity index (χ0n) is 14.4. The number of carbonyl (C=O) groups is 1. The number of hydrogen-bond acceptors (Lipinski definition) is 2. The topological polar surface area (TPSA) is 38.1 Å². The van der Waals surface area contributed by atoms with Crippen molar-refractivity contribution < 1.29 is 13.6 Å². The van der Waals surface area contributed by atoms with Crippen LogP contribution in [-0.4, -0.2) is 32.7 Å². The molecular formula is C18H27F2N3O. The third-order valence-corrected chi connectivity index (χ3v) is 5.50. The molecule has 2 aliphatic carbocycles. The predicted molar refractivity (Wildman–Crippen MR) is 88.1 cm³/mol. The maximum Gasteiger partial charge on any atom is 0.333 e. The van der Waals surface area contributed by atoms with Crippen LogP contribution in [0.3, 0.4) is 0 Å². The van der Waals surface area contributed by atoms with Crippen molar-refractivity contribution in [2.24, 2.45) is 0 Å². The lowest BCUT2D eigenvalue weighted by molar-refractivity contribution is 0.0420. The molecule has 0 saturated heterocycles. The summed E-state index contributed by atoms with van der Waals surface area (Å²) in [5, 5.41) is 3.90. The molecule has 24 heavy (non-hydrogen) atoms. The standard InChI is InChI=1S/C18H27F2N3O/c1-13-12-16(21-23(13)18(19)20)17(24)22(14-8-4-2-5-9-14)15-10-6-3-7-11-15/h12,14-15,18H,2-11H2,1H3. The van der Waals surface area contributed by atoms with E-state index in [9.17, 15) is 13.6 Å². The molecule has 0 radical (unpaired) electrons. The molecule has 0 atom stereocenters. The van der Waals surface area contributed by atoms with Crippen LogP contribution >= 0.6 is 0 Å². The van der Waals surface area contributed by atoms with E-state index in [1.807, 2.05) is 4.90 Å². The Hall–Kier alpha value is -1.46. The molecule has 1 aromatic rings. The lowest BCUT2D eigenvalue weighted by atomic mass is 9.88. The van der Waals surface area contributed by atoms with Gasteiger partial charge in [-0.2, -0.15) is 13.9 Å². The third-order valence-electron chi connectivity index (χ3n) is 5.50. The zero-order valence-corrected chi connectivity index (χ0v) is 14.4. The van der Waals surface area contributed by atoms with Gasteiger partial charge in [-0.3, -0.25) is 4.79 Å². The Morgan fingerprint density at radius 1 is 1.08 bits per heavy atom. The highest BCUT2D eigenvalue weighted by molar-refractivity contribution is 5.93. The zero-order chi connectivity index (χ0) is 17.1. The monoisotopic (exact) mass is 339 g/mol. The number of alkyl halides is 2. The summed E-state index contributed by atoms with van der Waals surface area (Å²) in [6.45, 7) is -1.13. The van der Waals surface area contributed by atoms with Gasteiger partial charge in [-0.1, -0.05) is 38.5 Å². The first kappa shape index (κ1) is 17.4. The Bertz CT molecular complexity index is 543. The average molecular weight is 339 g/mol. The SMILES string of the molecule is Cc1cc(C(=O)N(C2CCCCC2)C2CCCCC2)nn1C(F)F. The van der Waals surface area contributed by atoms with E-state index in [4.69, 9.17) is 0 Å². The second kappa shape index (κ2) is 7.62. The Morgan fingerprint density at radius 2 is 1.58 bits per heavy atom. The number of halogens is 2. The van der Waals surface area contributed by atoms with Crippen molar-refractivity contribution >= 4 is 5.91 Å². The molecule has 2 aliphatic rings. The Kier molecular flexibility index (Phi) is 5.51. The number of rotatable bonds is 4. The summed E-state index contributed by atoms with van der Waals surface area (Å²) in [7, 11) is 0. The van der Waals surface area contributed by atoms with E-state index in [-0.39, 0.29) is 23.7 Å². The van der Waals surface area contributed by atoms with Crippen molar-refractivity contribution in [2.45, 2.75) is 89.8 Å². The average Bonchev–Trinajstić information content (AvgIpc) is 2.99. The lowest BCUT2D eigenvalue weighted by Gasteiger charge is -2.41. The van der Waals surface area contributed by atoms with Gasteiger partial charge in [0.1, 0.15) is 0 Å². The molecule has 1 heterocycles. The van der Waals surface area contributed by atoms with Crippen molar-refractivity contribution in [3.8, 4) is 0 Å². The smallest absolute Gasteiger partial charge is 0.331 e. The van der Waals surface area contributed by atoms with Gasteiger partial charge < -0.3 is 4.90 Å². The quantitative estimate of drug-likeness (QED) is 0.798. The maximum atomic E-state index is 13.1. The van der Waals surface area contributed by atoms with Gasteiger partial charge >= 0.3 is 6.55 Å². The summed E-state index contributed by atoms with van der Waals surface area (Å²) < 4.78 is 26.6. The van der Waals surface area contributed by atoms with Gasteiger partial charge in [0.25, 0.3) is 5.91 Å². The molecule has 0 unspecified atom stereocenters. The van der Waals surface area contributed by atoms with Crippen LogP contribution < -0.4 is 0 Å². The van der Waals surface area contributed by atoms with Gasteiger partial charge in [-0.05, 0) is 38.7 Å². The van der Waals surface area contributed by atoms with E-state index in [0.717, 1.165) is 51.4 Å². The molecule has 2 fully saturated rings. The summed E-state index contributed by atoms with van der Waals surface area (Å²) in [6.07, 6.45) is 11.1. The second-order valence-corrected chi connectivity index (χ2v) is 7.19. The summed E-state index contributed by atoms with van der Waals surface area (Å²) in [4.78, 5) is 15.1. The van der Waals surface area contributed by atoms with E-state index < -0.39 is 6.55 Å². The summed E-state index contributed by atoms with van der Waals surface area (Å²) in [6, 6.07) is 1.99. The van der Waals surface area contributed by atoms with Crippen molar-refractivity contribution in [3.63, 3.8) is 0 Å². The molecule has 0 aromatic carbocycles. The second-order valence-electron chi connectivity index (χ2n) is 7.19. The fourth-order valence-corrected chi connectivity index (χ4v) is 4.27. The van der Waals surface area contributed by atoms with E-state index in [2.05, 4.69) is 5.10 Å². The molecule has 0 aliphatic heterocycles. The minimum absolute atomic E-state index is 0.156. The van der Waals surface area contributed by atoms with E-state index in [1.165, 1.54) is 18.9 Å². The maximum absolute atomic E-state index is 13.1. The highest BCUT2D eigenvalue weighted by Gasteiger charge is 2.34. The Balaban J connectivity index is 1.85. The van der Waals surface area contributed by atoms with Gasteiger partial charge in [0.15, 0.2) is 5.69 Å². The van der Waals surface area contributed by atoms with Gasteiger partial charge in [0.2, 0.25) is 0 Å². The fourth-order valence-electron chi connectivity index (χ4n) is 4.27. The minimum Gasteiger partial charge on any atom is -0.331 e. The highest BCUT2D eigenvalue weighted by atomic mass is 19.3. The molecule has 0 N–H and O–H groups in total. The van der Waals surface area contributed by atoms with Crippen molar-refractivity contribution in [1.82, 2.24) is 14.7 Å². The number of carbonyl (C=O) groups excluding carboxylic acids is 1. The van der Waals surface area contributed by atoms with Crippen molar-refractivity contribution in [2.75, 3.05) is 0 Å². The molecule has 6 heteroatoms. The van der Waals surface area contributed by atoms with Crippen LogP contribution in [0.4, 0.5) is 8.78 Å². The van der Waals surface area contributed by atoms with Crippen molar-refractivity contribution in [3.05, 3.63) is 17.5 Å². The van der Waals surface area contributed by atoms with Gasteiger partial charge in [-0.15, -0.1) is 0 Å². The van der Waals surface area contributed by atoms with Gasteiger partial charge in [0, 0.05) is 17.8 Å². The normalized spacial score (nSPS) is 20.5. The fraction of sp³-hybridized carbons (Fsp3) is 0.778. The Morgan fingerprint density at radius 3 is 2.00 bits per heavy atom. The third kappa shape index (κ3) is 3.62. The van der Waals surface area contributed by atoms with Crippen LogP contribution in [0.5, 0.6) is 0 Å². The van der Waals surface area contributed by atoms with E-state index >= 15 is 0 Å². The molecule has 2 saturated carbocycles. The molecule has 0 spiro atoms. The van der Waals surface area contributed by atoms with Crippen LogP contribution in [0.25, 0.3) is 0 Å². The van der Waals surface area contributed by atoms with Gasteiger partial charge in [0.05, 0.1) is 0 Å². The van der Waals surface area contributed by atoms with Crippen molar-refractivity contribution in [1.29, 1.82) is 0 Å². The number of hydrogen-bond donors (Lipinski definition) is 0. The van der Waals surface area contributed by atoms with Crippen LogP contribution in [0.2, 0.25) is 0 Å². The summed E-state index contributed by atoms with van der Waals surface area (Å²) in [5.41, 5.74) is 0.504. The predicted octanol–water partition coefficient (Wildman–Crippen LogP) is 4.69. The molecule has 134 valence electrons. The highest BCUT2D eigenvalue weighted by Crippen LogP contribution is 2.31. The summed E-state index contributed by atoms with van der Waals surface area (Å²) in [5.74, 6) is -0.156. The summed E-state index contributed by atoms with van der Waals surface area (Å²) >= 11 is 0. The molecule has 3 rings (SSSR count). The molecule has 4 nitrogen and oxygen atoms in total. The molecule has 1 amide bonds. The molecule has 0 bridgehead atoms. The van der Waals surface area contributed by atoms with Crippen LogP contribution in [0.15, 0.2) is 6.07 Å². The van der Waals surface area contributed by atoms with E-state index in [1.54, 1.807) is 6.92 Å². The first-order chi connectivity index (χ1) is 11.6. The minimum atomic E-state index is -2.70. The lowest BCUT2D eigenvalue weighted by Crippen LogP contribution is -2.49. The Labute approximate surface area is 142 Å². The van der Waals surface area contributed by atoms with E-state index in [0.29, 0.717) is 10.4 Å². The molecule has 1 aromatic heterocycles. The largest absolute Gasteiger partial charge is 0.333 e. The van der Waals surface area contributed by atoms with Crippen LogP contribution in [0, 0.1) is 6.92 Å². The van der Waals surface area contributed by atoms with Crippen LogP contribution in [-0.2, 0) is 0 Å².